The van der Waals surface area contributed by atoms with Crippen LogP contribution in [-0.4, -0.2) is 6.61 Å². The van der Waals surface area contributed by atoms with Gasteiger partial charge in [-0.1, -0.05) is 74.5 Å². The first-order valence-electron chi connectivity index (χ1n) is 6.36. The molecule has 0 atom stereocenters. The van der Waals surface area contributed by atoms with Gasteiger partial charge in [-0.2, -0.15) is 0 Å². The van der Waals surface area contributed by atoms with E-state index in [1.54, 1.807) is 0 Å². The first kappa shape index (κ1) is 12.8. The fourth-order valence-corrected chi connectivity index (χ4v) is 1.97. The molecular formula is C17H20O. The summed E-state index contributed by atoms with van der Waals surface area (Å²) in [7, 11) is 0. The second-order valence-electron chi connectivity index (χ2n) is 5.23. The summed E-state index contributed by atoms with van der Waals surface area (Å²) < 4.78 is 5.84. The Balaban J connectivity index is 1.90. The van der Waals surface area contributed by atoms with Gasteiger partial charge in [0.05, 0.1) is 13.2 Å². The summed E-state index contributed by atoms with van der Waals surface area (Å²) in [6.45, 7) is 5.84. The van der Waals surface area contributed by atoms with Crippen LogP contribution in [-0.2, 0) is 16.8 Å². The molecule has 1 heteroatoms. The van der Waals surface area contributed by atoms with Crippen molar-refractivity contribution in [3.8, 4) is 0 Å². The monoisotopic (exact) mass is 240 g/mol. The van der Waals surface area contributed by atoms with Crippen molar-refractivity contribution in [3.63, 3.8) is 0 Å². The molecule has 0 unspecified atom stereocenters. The van der Waals surface area contributed by atoms with Crippen LogP contribution in [0.3, 0.4) is 0 Å². The Morgan fingerprint density at radius 2 is 1.39 bits per heavy atom. The van der Waals surface area contributed by atoms with E-state index in [1.807, 2.05) is 24.3 Å². The Morgan fingerprint density at radius 1 is 0.833 bits per heavy atom. The molecule has 0 bridgehead atoms. The summed E-state index contributed by atoms with van der Waals surface area (Å²) in [5.74, 6) is 0. The van der Waals surface area contributed by atoms with E-state index in [1.165, 1.54) is 11.1 Å². The Bertz CT molecular complexity index is 459. The van der Waals surface area contributed by atoms with E-state index in [4.69, 9.17) is 4.74 Å². The van der Waals surface area contributed by atoms with Crippen molar-refractivity contribution in [1.29, 1.82) is 0 Å². The Labute approximate surface area is 109 Å². The number of rotatable bonds is 5. The van der Waals surface area contributed by atoms with Gasteiger partial charge in [-0.15, -0.1) is 0 Å². The van der Waals surface area contributed by atoms with Crippen LogP contribution in [0.4, 0.5) is 0 Å². The van der Waals surface area contributed by atoms with Gasteiger partial charge >= 0.3 is 0 Å². The lowest BCUT2D eigenvalue weighted by atomic mass is 9.86. The molecular weight excluding hydrogens is 220 g/mol. The van der Waals surface area contributed by atoms with Crippen LogP contribution in [0.15, 0.2) is 60.7 Å². The van der Waals surface area contributed by atoms with Crippen molar-refractivity contribution in [2.75, 3.05) is 6.61 Å². The zero-order chi connectivity index (χ0) is 12.8. The molecule has 0 fully saturated rings. The van der Waals surface area contributed by atoms with Gasteiger partial charge in [0.1, 0.15) is 0 Å². The quantitative estimate of drug-likeness (QED) is 0.761. The third kappa shape index (κ3) is 3.44. The number of hydrogen-bond acceptors (Lipinski definition) is 1. The topological polar surface area (TPSA) is 9.23 Å². The maximum atomic E-state index is 5.84. The van der Waals surface area contributed by atoms with E-state index in [9.17, 15) is 0 Å². The molecule has 0 heterocycles. The summed E-state index contributed by atoms with van der Waals surface area (Å²) in [6.07, 6.45) is 0. The summed E-state index contributed by atoms with van der Waals surface area (Å²) >= 11 is 0. The zero-order valence-corrected chi connectivity index (χ0v) is 11.1. The fraction of sp³-hybridized carbons (Fsp3) is 0.294. The van der Waals surface area contributed by atoms with Gasteiger partial charge in [-0.25, -0.2) is 0 Å². The lowest BCUT2D eigenvalue weighted by Crippen LogP contribution is -2.24. The highest BCUT2D eigenvalue weighted by Crippen LogP contribution is 2.23. The Hall–Kier alpha value is -1.60. The molecule has 0 saturated carbocycles. The van der Waals surface area contributed by atoms with Gasteiger partial charge in [0, 0.05) is 5.41 Å². The summed E-state index contributed by atoms with van der Waals surface area (Å²) in [4.78, 5) is 0. The minimum absolute atomic E-state index is 0.0516. The average Bonchev–Trinajstić information content (AvgIpc) is 2.41. The van der Waals surface area contributed by atoms with Crippen molar-refractivity contribution in [2.24, 2.45) is 0 Å². The molecule has 0 saturated heterocycles. The van der Waals surface area contributed by atoms with Crippen LogP contribution < -0.4 is 0 Å². The lowest BCUT2D eigenvalue weighted by molar-refractivity contribution is 0.0825. The number of ether oxygens (including phenoxy) is 1. The third-order valence-electron chi connectivity index (χ3n) is 3.13. The minimum atomic E-state index is 0.0516. The Morgan fingerprint density at radius 3 is 2.00 bits per heavy atom. The molecule has 2 rings (SSSR count). The molecule has 0 aliphatic carbocycles. The molecule has 0 aliphatic rings. The van der Waals surface area contributed by atoms with Gasteiger partial charge in [0.2, 0.25) is 0 Å². The lowest BCUT2D eigenvalue weighted by Gasteiger charge is -2.25. The molecule has 0 amide bonds. The van der Waals surface area contributed by atoms with Gasteiger partial charge in [0.15, 0.2) is 0 Å². The first-order valence-corrected chi connectivity index (χ1v) is 6.36. The van der Waals surface area contributed by atoms with E-state index in [0.717, 1.165) is 6.61 Å². The molecule has 0 spiro atoms. The molecule has 94 valence electrons. The highest BCUT2D eigenvalue weighted by atomic mass is 16.5. The number of benzene rings is 2. The van der Waals surface area contributed by atoms with Crippen LogP contribution in [0.1, 0.15) is 25.0 Å². The standard InChI is InChI=1S/C17H20O/c1-17(2,16-11-7-4-8-12-16)14-18-13-15-9-5-3-6-10-15/h3-12H,13-14H2,1-2H3. The highest BCUT2D eigenvalue weighted by Gasteiger charge is 2.20. The van der Waals surface area contributed by atoms with E-state index >= 15 is 0 Å². The maximum Gasteiger partial charge on any atom is 0.0717 e. The van der Waals surface area contributed by atoms with Crippen LogP contribution >= 0.6 is 0 Å². The SMILES string of the molecule is CC(C)(COCc1ccccc1)c1ccccc1. The molecule has 0 radical (unpaired) electrons. The molecule has 0 aromatic heterocycles. The van der Waals surface area contributed by atoms with E-state index in [-0.39, 0.29) is 5.41 Å². The molecule has 2 aromatic carbocycles. The van der Waals surface area contributed by atoms with Crippen LogP contribution in [0.25, 0.3) is 0 Å². The van der Waals surface area contributed by atoms with Gasteiger partial charge in [-0.05, 0) is 11.1 Å². The van der Waals surface area contributed by atoms with Gasteiger partial charge in [0.25, 0.3) is 0 Å². The maximum absolute atomic E-state index is 5.84. The third-order valence-corrected chi connectivity index (χ3v) is 3.13. The van der Waals surface area contributed by atoms with Crippen LogP contribution in [0.2, 0.25) is 0 Å². The second-order valence-corrected chi connectivity index (χ2v) is 5.23. The van der Waals surface area contributed by atoms with Crippen LogP contribution in [0.5, 0.6) is 0 Å². The Kier molecular flexibility index (Phi) is 4.16. The van der Waals surface area contributed by atoms with Crippen molar-refractivity contribution in [1.82, 2.24) is 0 Å². The molecule has 2 aromatic rings. The predicted octanol–water partition coefficient (Wildman–Crippen LogP) is 4.18. The second kappa shape index (κ2) is 5.83. The highest BCUT2D eigenvalue weighted by molar-refractivity contribution is 5.23. The van der Waals surface area contributed by atoms with Crippen molar-refractivity contribution >= 4 is 0 Å². The van der Waals surface area contributed by atoms with E-state index in [0.29, 0.717) is 6.61 Å². The zero-order valence-electron chi connectivity index (χ0n) is 11.1. The van der Waals surface area contributed by atoms with Crippen molar-refractivity contribution in [2.45, 2.75) is 25.9 Å². The summed E-state index contributed by atoms with van der Waals surface area (Å²) in [5, 5.41) is 0. The molecule has 18 heavy (non-hydrogen) atoms. The normalized spacial score (nSPS) is 11.4. The predicted molar refractivity (Wildman–Crippen MR) is 75.6 cm³/mol. The molecule has 0 aliphatic heterocycles. The number of hydrogen-bond donors (Lipinski definition) is 0. The van der Waals surface area contributed by atoms with Crippen molar-refractivity contribution in [3.05, 3.63) is 71.8 Å². The van der Waals surface area contributed by atoms with Crippen LogP contribution in [0, 0.1) is 0 Å². The summed E-state index contributed by atoms with van der Waals surface area (Å²) in [5.41, 5.74) is 2.59. The molecule has 1 nitrogen and oxygen atoms in total. The minimum Gasteiger partial charge on any atom is -0.376 e. The molecule has 0 N–H and O–H groups in total. The first-order chi connectivity index (χ1) is 8.68. The smallest absolute Gasteiger partial charge is 0.0717 e. The average molecular weight is 240 g/mol. The summed E-state index contributed by atoms with van der Waals surface area (Å²) in [6, 6.07) is 20.8. The van der Waals surface area contributed by atoms with Gasteiger partial charge in [-0.3, -0.25) is 0 Å². The van der Waals surface area contributed by atoms with Crippen molar-refractivity contribution < 1.29 is 4.74 Å². The van der Waals surface area contributed by atoms with E-state index < -0.39 is 0 Å². The van der Waals surface area contributed by atoms with E-state index in [2.05, 4.69) is 50.2 Å². The fourth-order valence-electron chi connectivity index (χ4n) is 1.97. The van der Waals surface area contributed by atoms with Gasteiger partial charge < -0.3 is 4.74 Å². The largest absolute Gasteiger partial charge is 0.376 e.